The molecule has 0 aliphatic heterocycles. The molecule has 1 aromatic heterocycles. The minimum Gasteiger partial charge on any atom is -0.388 e. The third kappa shape index (κ3) is 3.82. The molecule has 8 nitrogen and oxygen atoms in total. The molecule has 1 heterocycles. The van der Waals surface area contributed by atoms with Crippen molar-refractivity contribution in [2.24, 2.45) is 0 Å². The Kier molecular flexibility index (Phi) is 3.77. The first-order chi connectivity index (χ1) is 8.42. The Morgan fingerprint density at radius 3 is 2.32 bits per heavy atom. The molecule has 1 N–H and O–H groups in total. The standard InChI is InChI=1S/C6H2ClF3N2O6S/c7-19(16,17)4-2(12(14)15)1-3(13)11-5(4)18-6(8,9)10/h1H,(H,11,13). The minimum absolute atomic E-state index is 0.165. The smallest absolute Gasteiger partial charge is 0.388 e. The summed E-state index contributed by atoms with van der Waals surface area (Å²) in [5, 5.41) is 10.5. The normalized spacial score (nSPS) is 12.2. The van der Waals surface area contributed by atoms with Gasteiger partial charge in [-0.3, -0.25) is 19.9 Å². The van der Waals surface area contributed by atoms with Crippen LogP contribution in [0.1, 0.15) is 0 Å². The van der Waals surface area contributed by atoms with E-state index in [4.69, 9.17) is 10.7 Å². The Morgan fingerprint density at radius 1 is 1.42 bits per heavy atom. The summed E-state index contributed by atoms with van der Waals surface area (Å²) >= 11 is 0. The van der Waals surface area contributed by atoms with Gasteiger partial charge in [0.05, 0.1) is 11.0 Å². The first kappa shape index (κ1) is 15.2. The number of alkyl halides is 3. The van der Waals surface area contributed by atoms with E-state index in [0.29, 0.717) is 0 Å². The fourth-order valence-corrected chi connectivity index (χ4v) is 2.21. The third-order valence-electron chi connectivity index (χ3n) is 1.60. The molecular weight excluding hydrogens is 321 g/mol. The minimum atomic E-state index is -5.38. The summed E-state index contributed by atoms with van der Waals surface area (Å²) in [6.07, 6.45) is -5.38. The quantitative estimate of drug-likeness (QED) is 0.505. The molecule has 0 aromatic carbocycles. The van der Waals surface area contributed by atoms with Crippen LogP contribution in [0, 0.1) is 10.1 Å². The average molecular weight is 323 g/mol. The molecule has 1 aromatic rings. The Morgan fingerprint density at radius 2 is 1.95 bits per heavy atom. The van der Waals surface area contributed by atoms with Gasteiger partial charge in [0, 0.05) is 10.7 Å². The number of hydrogen-bond donors (Lipinski definition) is 1. The van der Waals surface area contributed by atoms with Gasteiger partial charge in [-0.05, 0) is 0 Å². The van der Waals surface area contributed by atoms with E-state index < -0.39 is 42.4 Å². The van der Waals surface area contributed by atoms with E-state index in [1.807, 2.05) is 0 Å². The number of H-pyrrole nitrogens is 1. The summed E-state index contributed by atoms with van der Waals surface area (Å²) in [4.78, 5) is 19.9. The lowest BCUT2D eigenvalue weighted by atomic mass is 10.4. The van der Waals surface area contributed by atoms with Crippen molar-refractivity contribution in [1.29, 1.82) is 0 Å². The summed E-state index contributed by atoms with van der Waals surface area (Å²) in [6, 6.07) is 0.165. The number of pyridine rings is 1. The number of rotatable bonds is 3. The van der Waals surface area contributed by atoms with Crippen molar-refractivity contribution < 1.29 is 31.2 Å². The lowest BCUT2D eigenvalue weighted by Gasteiger charge is -2.10. The molecule has 0 unspecified atom stereocenters. The van der Waals surface area contributed by atoms with Crippen LogP contribution < -0.4 is 10.3 Å². The second kappa shape index (κ2) is 4.70. The number of ether oxygens (including phenoxy) is 1. The van der Waals surface area contributed by atoms with E-state index >= 15 is 0 Å². The van der Waals surface area contributed by atoms with Gasteiger partial charge in [-0.1, -0.05) is 0 Å². The molecule has 0 radical (unpaired) electrons. The van der Waals surface area contributed by atoms with Crippen LogP contribution in [0.2, 0.25) is 0 Å². The van der Waals surface area contributed by atoms with Crippen LogP contribution in [0.5, 0.6) is 5.88 Å². The highest BCUT2D eigenvalue weighted by Gasteiger charge is 2.38. The number of aromatic nitrogens is 1. The van der Waals surface area contributed by atoms with Gasteiger partial charge in [0.25, 0.3) is 20.3 Å². The van der Waals surface area contributed by atoms with E-state index in [1.165, 1.54) is 4.98 Å². The molecule has 0 amide bonds. The van der Waals surface area contributed by atoms with Crippen LogP contribution in [0.3, 0.4) is 0 Å². The number of nitrogens with zero attached hydrogens (tertiary/aromatic N) is 1. The molecule has 0 aliphatic rings. The van der Waals surface area contributed by atoms with Gasteiger partial charge >= 0.3 is 6.36 Å². The van der Waals surface area contributed by atoms with Crippen molar-refractivity contribution in [3.05, 3.63) is 26.5 Å². The van der Waals surface area contributed by atoms with Gasteiger partial charge < -0.3 is 4.74 Å². The van der Waals surface area contributed by atoms with Crippen LogP contribution in [-0.2, 0) is 9.05 Å². The first-order valence-corrected chi connectivity index (χ1v) is 6.35. The SMILES string of the molecule is O=c1cc([N+](=O)[O-])c(S(=O)(=O)Cl)c(OC(F)(F)F)[nH]1. The molecule has 0 atom stereocenters. The third-order valence-corrected chi connectivity index (χ3v) is 2.95. The predicted octanol–water partition coefficient (Wildman–Crippen LogP) is 1.11. The highest BCUT2D eigenvalue weighted by atomic mass is 35.7. The number of halogens is 4. The Labute approximate surface area is 106 Å². The summed E-state index contributed by atoms with van der Waals surface area (Å²) in [6.45, 7) is 0. The lowest BCUT2D eigenvalue weighted by Crippen LogP contribution is -2.22. The molecule has 0 aliphatic carbocycles. The Balaban J connectivity index is 3.71. The van der Waals surface area contributed by atoms with Gasteiger partial charge in [0.2, 0.25) is 10.8 Å². The molecule has 0 fully saturated rings. The summed E-state index contributed by atoms with van der Waals surface area (Å²) < 4.78 is 61.4. The fraction of sp³-hybridized carbons (Fsp3) is 0.167. The molecule has 1 rings (SSSR count). The van der Waals surface area contributed by atoms with E-state index in [2.05, 4.69) is 4.74 Å². The first-order valence-electron chi connectivity index (χ1n) is 4.04. The Bertz CT molecular complexity index is 681. The fourth-order valence-electron chi connectivity index (χ4n) is 1.07. The summed E-state index contributed by atoms with van der Waals surface area (Å²) in [5.41, 5.74) is -2.80. The van der Waals surface area contributed by atoms with E-state index in [0.717, 1.165) is 0 Å². The highest BCUT2D eigenvalue weighted by Crippen LogP contribution is 2.34. The van der Waals surface area contributed by atoms with E-state index in [9.17, 15) is 36.5 Å². The van der Waals surface area contributed by atoms with Crippen LogP contribution in [0.4, 0.5) is 18.9 Å². The van der Waals surface area contributed by atoms with Crippen molar-refractivity contribution in [3.8, 4) is 5.88 Å². The summed E-state index contributed by atoms with van der Waals surface area (Å²) in [7, 11) is -0.170. The Hall–Kier alpha value is -1.82. The predicted molar refractivity (Wildman–Crippen MR) is 53.4 cm³/mol. The van der Waals surface area contributed by atoms with Gasteiger partial charge in [-0.15, -0.1) is 13.2 Å². The maximum absolute atomic E-state index is 12.0. The van der Waals surface area contributed by atoms with Crippen LogP contribution in [-0.4, -0.2) is 24.7 Å². The second-order valence-corrected chi connectivity index (χ2v) is 5.42. The molecule has 0 spiro atoms. The number of hydrogen-bond acceptors (Lipinski definition) is 6. The molecule has 0 saturated carbocycles. The monoisotopic (exact) mass is 322 g/mol. The van der Waals surface area contributed by atoms with Crippen molar-refractivity contribution in [2.45, 2.75) is 11.3 Å². The molecule has 0 saturated heterocycles. The van der Waals surface area contributed by atoms with Gasteiger partial charge in [-0.25, -0.2) is 8.42 Å². The lowest BCUT2D eigenvalue weighted by molar-refractivity contribution is -0.388. The zero-order chi connectivity index (χ0) is 15.0. The van der Waals surface area contributed by atoms with Gasteiger partial charge in [0.15, 0.2) is 0 Å². The number of nitro groups is 1. The van der Waals surface area contributed by atoms with Gasteiger partial charge in [-0.2, -0.15) is 0 Å². The molecule has 106 valence electrons. The second-order valence-electron chi connectivity index (χ2n) is 2.92. The van der Waals surface area contributed by atoms with E-state index in [1.54, 1.807) is 0 Å². The molecular formula is C6H2ClF3N2O6S. The maximum atomic E-state index is 12.0. The topological polar surface area (TPSA) is 119 Å². The van der Waals surface area contributed by atoms with Crippen molar-refractivity contribution in [1.82, 2.24) is 4.98 Å². The van der Waals surface area contributed by atoms with Crippen LogP contribution in [0.15, 0.2) is 15.8 Å². The number of nitrogens with one attached hydrogen (secondary N) is 1. The maximum Gasteiger partial charge on any atom is 0.574 e. The number of aromatic amines is 1. The zero-order valence-electron chi connectivity index (χ0n) is 8.39. The van der Waals surface area contributed by atoms with Crippen molar-refractivity contribution in [3.63, 3.8) is 0 Å². The van der Waals surface area contributed by atoms with Crippen molar-refractivity contribution >= 4 is 25.4 Å². The van der Waals surface area contributed by atoms with Crippen LogP contribution in [0.25, 0.3) is 0 Å². The van der Waals surface area contributed by atoms with Crippen LogP contribution >= 0.6 is 10.7 Å². The molecule has 13 heteroatoms. The largest absolute Gasteiger partial charge is 0.574 e. The van der Waals surface area contributed by atoms with Gasteiger partial charge in [0.1, 0.15) is 0 Å². The highest BCUT2D eigenvalue weighted by molar-refractivity contribution is 8.14. The zero-order valence-corrected chi connectivity index (χ0v) is 9.97. The summed E-state index contributed by atoms with van der Waals surface area (Å²) in [5.74, 6) is -1.68. The van der Waals surface area contributed by atoms with Crippen molar-refractivity contribution in [2.75, 3.05) is 0 Å². The molecule has 0 bridgehead atoms. The average Bonchev–Trinajstić information content (AvgIpc) is 2.10. The van der Waals surface area contributed by atoms with E-state index in [-0.39, 0.29) is 6.07 Å². The molecule has 19 heavy (non-hydrogen) atoms.